The number of aryl methyl sites for hydroxylation is 1. The van der Waals surface area contributed by atoms with Crippen LogP contribution in [0.15, 0.2) is 24.3 Å². The van der Waals surface area contributed by atoms with Crippen molar-refractivity contribution in [2.45, 2.75) is 13.0 Å². The molecule has 0 radical (unpaired) electrons. The number of hydrogen-bond acceptors (Lipinski definition) is 5. The van der Waals surface area contributed by atoms with Gasteiger partial charge in [0.05, 0.1) is 20.3 Å². The van der Waals surface area contributed by atoms with Gasteiger partial charge in [-0.1, -0.05) is 18.2 Å². The van der Waals surface area contributed by atoms with E-state index in [1.165, 1.54) is 7.11 Å². The van der Waals surface area contributed by atoms with Crippen molar-refractivity contribution in [2.75, 3.05) is 40.0 Å². The summed E-state index contributed by atoms with van der Waals surface area (Å²) in [5.41, 5.74) is 1.11. The van der Waals surface area contributed by atoms with Crippen LogP contribution in [-0.4, -0.2) is 56.9 Å². The Morgan fingerprint density at radius 2 is 2.25 bits per heavy atom. The number of benzene rings is 1. The fraction of sp³-hybridized carbons (Fsp3) is 0.533. The summed E-state index contributed by atoms with van der Waals surface area (Å²) in [5, 5.41) is 0. The van der Waals surface area contributed by atoms with Crippen LogP contribution in [0.25, 0.3) is 0 Å². The van der Waals surface area contributed by atoms with Crippen LogP contribution < -0.4 is 4.74 Å². The number of methoxy groups -OCH3 is 1. The first-order chi connectivity index (χ1) is 9.69. The Hall–Kier alpha value is -1.59. The molecule has 0 bridgehead atoms. The second-order valence-corrected chi connectivity index (χ2v) is 4.88. The summed E-state index contributed by atoms with van der Waals surface area (Å²) < 4.78 is 16.1. The molecule has 1 aromatic carbocycles. The Morgan fingerprint density at radius 1 is 1.45 bits per heavy atom. The highest BCUT2D eigenvalue weighted by molar-refractivity contribution is 5.71. The fourth-order valence-electron chi connectivity index (χ4n) is 2.17. The average molecular weight is 279 g/mol. The van der Waals surface area contributed by atoms with Crippen LogP contribution >= 0.6 is 0 Å². The monoisotopic (exact) mass is 279 g/mol. The van der Waals surface area contributed by atoms with Gasteiger partial charge in [-0.2, -0.15) is 0 Å². The van der Waals surface area contributed by atoms with E-state index >= 15 is 0 Å². The molecular formula is C15H21NO4. The Balaban J connectivity index is 1.81. The lowest BCUT2D eigenvalue weighted by atomic mass is 10.2. The molecule has 1 saturated heterocycles. The molecule has 0 saturated carbocycles. The van der Waals surface area contributed by atoms with Gasteiger partial charge in [-0.3, -0.25) is 9.69 Å². The van der Waals surface area contributed by atoms with E-state index in [0.29, 0.717) is 26.3 Å². The zero-order valence-electron chi connectivity index (χ0n) is 12.0. The minimum atomic E-state index is -0.217. The first-order valence-corrected chi connectivity index (χ1v) is 6.78. The molecule has 1 fully saturated rings. The van der Waals surface area contributed by atoms with Gasteiger partial charge in [-0.15, -0.1) is 0 Å². The third-order valence-electron chi connectivity index (χ3n) is 3.32. The van der Waals surface area contributed by atoms with E-state index in [9.17, 15) is 4.79 Å². The summed E-state index contributed by atoms with van der Waals surface area (Å²) in [6.45, 7) is 4.85. The smallest absolute Gasteiger partial charge is 0.319 e. The van der Waals surface area contributed by atoms with Gasteiger partial charge in [0.2, 0.25) is 0 Å². The zero-order chi connectivity index (χ0) is 14.4. The summed E-state index contributed by atoms with van der Waals surface area (Å²) in [4.78, 5) is 13.3. The maximum Gasteiger partial charge on any atom is 0.319 e. The van der Waals surface area contributed by atoms with Crippen LogP contribution in [0, 0.1) is 6.92 Å². The number of morpholine rings is 1. The number of esters is 1. The van der Waals surface area contributed by atoms with Crippen LogP contribution in [0.3, 0.4) is 0 Å². The first-order valence-electron chi connectivity index (χ1n) is 6.78. The van der Waals surface area contributed by atoms with Gasteiger partial charge in [-0.05, 0) is 18.6 Å². The van der Waals surface area contributed by atoms with Crippen molar-refractivity contribution in [3.63, 3.8) is 0 Å². The van der Waals surface area contributed by atoms with E-state index in [1.807, 2.05) is 36.1 Å². The number of hydrogen-bond donors (Lipinski definition) is 0. The molecule has 0 amide bonds. The Bertz CT molecular complexity index is 449. The van der Waals surface area contributed by atoms with Crippen LogP contribution in [0.5, 0.6) is 5.75 Å². The molecule has 0 aliphatic carbocycles. The zero-order valence-corrected chi connectivity index (χ0v) is 12.0. The van der Waals surface area contributed by atoms with Crippen LogP contribution in [-0.2, 0) is 14.3 Å². The van der Waals surface area contributed by atoms with Crippen molar-refractivity contribution in [1.82, 2.24) is 4.90 Å². The molecule has 1 atom stereocenters. The number of ether oxygens (including phenoxy) is 3. The number of rotatable bonds is 5. The van der Waals surface area contributed by atoms with E-state index < -0.39 is 0 Å². The van der Waals surface area contributed by atoms with E-state index in [-0.39, 0.29) is 12.1 Å². The lowest BCUT2D eigenvalue weighted by Crippen LogP contribution is -2.46. The summed E-state index contributed by atoms with van der Waals surface area (Å²) in [6.07, 6.45) is -0.0204. The van der Waals surface area contributed by atoms with Crippen molar-refractivity contribution in [3.05, 3.63) is 29.8 Å². The van der Waals surface area contributed by atoms with E-state index in [1.54, 1.807) is 0 Å². The normalized spacial score (nSPS) is 19.6. The Kier molecular flexibility index (Phi) is 5.38. The van der Waals surface area contributed by atoms with Gasteiger partial charge in [0, 0.05) is 13.1 Å². The molecular weight excluding hydrogens is 258 g/mol. The van der Waals surface area contributed by atoms with Crippen molar-refractivity contribution in [2.24, 2.45) is 0 Å². The van der Waals surface area contributed by atoms with E-state index in [4.69, 9.17) is 9.47 Å². The second kappa shape index (κ2) is 7.26. The summed E-state index contributed by atoms with van der Waals surface area (Å²) in [6, 6.07) is 7.90. The fourth-order valence-corrected chi connectivity index (χ4v) is 2.17. The summed E-state index contributed by atoms with van der Waals surface area (Å²) in [7, 11) is 1.40. The van der Waals surface area contributed by atoms with Gasteiger partial charge < -0.3 is 14.2 Å². The lowest BCUT2D eigenvalue weighted by Gasteiger charge is -2.32. The van der Waals surface area contributed by atoms with Crippen LogP contribution in [0.4, 0.5) is 0 Å². The third-order valence-corrected chi connectivity index (χ3v) is 3.32. The molecule has 2 rings (SSSR count). The number of carbonyl (C=O) groups is 1. The number of para-hydroxylation sites is 1. The molecule has 0 unspecified atom stereocenters. The highest BCUT2D eigenvalue weighted by Gasteiger charge is 2.23. The molecule has 1 aliphatic heterocycles. The highest BCUT2D eigenvalue weighted by Crippen LogP contribution is 2.17. The summed E-state index contributed by atoms with van der Waals surface area (Å²) in [5.74, 6) is 0.659. The quantitative estimate of drug-likeness (QED) is 0.759. The molecule has 1 aliphatic rings. The van der Waals surface area contributed by atoms with Gasteiger partial charge >= 0.3 is 5.97 Å². The summed E-state index contributed by atoms with van der Waals surface area (Å²) >= 11 is 0. The maximum absolute atomic E-state index is 11.3. The molecule has 1 heterocycles. The van der Waals surface area contributed by atoms with Crippen molar-refractivity contribution in [1.29, 1.82) is 0 Å². The standard InChI is InChI=1S/C15H21NO4/c1-12-5-3-4-6-14(12)20-11-13-9-16(7-8-19-13)10-15(17)18-2/h3-6,13H,7-11H2,1-2H3/t13-/m0/s1. The molecule has 0 spiro atoms. The first kappa shape index (κ1) is 14.8. The molecule has 0 aromatic heterocycles. The number of nitrogens with zero attached hydrogens (tertiary/aromatic N) is 1. The predicted octanol–water partition coefficient (Wildman–Crippen LogP) is 1.25. The van der Waals surface area contributed by atoms with E-state index in [2.05, 4.69) is 4.74 Å². The largest absolute Gasteiger partial charge is 0.491 e. The van der Waals surface area contributed by atoms with Crippen LogP contribution in [0.2, 0.25) is 0 Å². The average Bonchev–Trinajstić information content (AvgIpc) is 2.47. The molecule has 1 aromatic rings. The molecule has 0 N–H and O–H groups in total. The van der Waals surface area contributed by atoms with Gasteiger partial charge in [0.15, 0.2) is 0 Å². The Morgan fingerprint density at radius 3 is 3.00 bits per heavy atom. The molecule has 5 nitrogen and oxygen atoms in total. The Labute approximate surface area is 119 Å². The van der Waals surface area contributed by atoms with Gasteiger partial charge in [-0.25, -0.2) is 0 Å². The topological polar surface area (TPSA) is 48.0 Å². The minimum Gasteiger partial charge on any atom is -0.491 e. The second-order valence-electron chi connectivity index (χ2n) is 4.88. The van der Waals surface area contributed by atoms with Crippen molar-refractivity contribution in [3.8, 4) is 5.75 Å². The van der Waals surface area contributed by atoms with Crippen LogP contribution in [0.1, 0.15) is 5.56 Å². The van der Waals surface area contributed by atoms with Crippen molar-refractivity contribution < 1.29 is 19.0 Å². The SMILES string of the molecule is COC(=O)CN1CCO[C@H](COc2ccccc2C)C1. The molecule has 20 heavy (non-hydrogen) atoms. The van der Waals surface area contributed by atoms with Gasteiger partial charge in [0.25, 0.3) is 0 Å². The van der Waals surface area contributed by atoms with Gasteiger partial charge in [0.1, 0.15) is 18.5 Å². The van der Waals surface area contributed by atoms with Crippen molar-refractivity contribution >= 4 is 5.97 Å². The molecule has 110 valence electrons. The highest BCUT2D eigenvalue weighted by atomic mass is 16.5. The molecule has 5 heteroatoms. The minimum absolute atomic E-state index is 0.0204. The predicted molar refractivity (Wildman–Crippen MR) is 74.9 cm³/mol. The third kappa shape index (κ3) is 4.21. The maximum atomic E-state index is 11.3. The number of carbonyl (C=O) groups excluding carboxylic acids is 1. The lowest BCUT2D eigenvalue weighted by molar-refractivity contribution is -0.144. The van der Waals surface area contributed by atoms with E-state index in [0.717, 1.165) is 17.9 Å².